The summed E-state index contributed by atoms with van der Waals surface area (Å²) in [5.74, 6) is 0. The van der Waals surface area contributed by atoms with E-state index in [1.54, 1.807) is 0 Å². The molecule has 0 rings (SSSR count). The molecule has 0 spiro atoms. The van der Waals surface area contributed by atoms with Gasteiger partial charge in [0, 0.05) is 0 Å². The topological polar surface area (TPSA) is 113 Å². The lowest BCUT2D eigenvalue weighted by molar-refractivity contribution is 0.0931. The van der Waals surface area contributed by atoms with Gasteiger partial charge in [-0.05, 0) is 6.42 Å². The van der Waals surface area contributed by atoms with E-state index in [0.29, 0.717) is 6.42 Å². The highest BCUT2D eigenvalue weighted by atomic mass is 31.2. The molecule has 0 heterocycles. The molecule has 146 valence electrons. The SMILES string of the molecule is CCCCCCCCCCCCCCC(O)C(N)COP(=O)(O)O. The summed E-state index contributed by atoms with van der Waals surface area (Å²) in [4.78, 5) is 17.2. The summed E-state index contributed by atoms with van der Waals surface area (Å²) in [6.45, 7) is 1.91. The van der Waals surface area contributed by atoms with Crippen molar-refractivity contribution in [2.45, 2.75) is 103 Å². The number of hydrogen-bond donors (Lipinski definition) is 4. The third-order valence-electron chi connectivity index (χ3n) is 4.28. The summed E-state index contributed by atoms with van der Waals surface area (Å²) in [6.07, 6.45) is 14.8. The molecule has 7 heteroatoms. The highest BCUT2D eigenvalue weighted by Gasteiger charge is 2.20. The van der Waals surface area contributed by atoms with Gasteiger partial charge in [-0.15, -0.1) is 0 Å². The zero-order valence-corrected chi connectivity index (χ0v) is 16.1. The van der Waals surface area contributed by atoms with E-state index in [4.69, 9.17) is 15.5 Å². The van der Waals surface area contributed by atoms with E-state index >= 15 is 0 Å². The molecule has 2 atom stereocenters. The van der Waals surface area contributed by atoms with Crippen molar-refractivity contribution in [3.8, 4) is 0 Å². The predicted octanol–water partition coefficient (Wildman–Crippen LogP) is 3.88. The molecule has 2 unspecified atom stereocenters. The average molecular weight is 367 g/mol. The number of hydrogen-bond acceptors (Lipinski definition) is 4. The van der Waals surface area contributed by atoms with E-state index in [9.17, 15) is 9.67 Å². The van der Waals surface area contributed by atoms with Crippen molar-refractivity contribution in [3.05, 3.63) is 0 Å². The molecule has 0 radical (unpaired) electrons. The predicted molar refractivity (Wildman–Crippen MR) is 97.7 cm³/mol. The lowest BCUT2D eigenvalue weighted by Gasteiger charge is -2.18. The Balaban J connectivity index is 3.35. The summed E-state index contributed by atoms with van der Waals surface area (Å²) >= 11 is 0. The van der Waals surface area contributed by atoms with Crippen LogP contribution in [0.15, 0.2) is 0 Å². The summed E-state index contributed by atoms with van der Waals surface area (Å²) in [5.41, 5.74) is 5.65. The molecule has 0 aromatic rings. The van der Waals surface area contributed by atoms with Gasteiger partial charge in [0.05, 0.1) is 18.8 Å². The van der Waals surface area contributed by atoms with E-state index < -0.39 is 20.0 Å². The van der Waals surface area contributed by atoms with Gasteiger partial charge in [0.15, 0.2) is 0 Å². The monoisotopic (exact) mass is 367 g/mol. The van der Waals surface area contributed by atoms with Crippen molar-refractivity contribution in [2.75, 3.05) is 6.61 Å². The van der Waals surface area contributed by atoms with Crippen molar-refractivity contribution in [3.63, 3.8) is 0 Å². The van der Waals surface area contributed by atoms with Crippen molar-refractivity contribution in [1.82, 2.24) is 0 Å². The molecule has 0 bridgehead atoms. The van der Waals surface area contributed by atoms with Crippen LogP contribution in [0.4, 0.5) is 0 Å². The average Bonchev–Trinajstić information content (AvgIpc) is 2.52. The molecule has 0 saturated carbocycles. The van der Waals surface area contributed by atoms with Gasteiger partial charge >= 0.3 is 7.82 Å². The molecule has 0 aliphatic heterocycles. The second-order valence-electron chi connectivity index (χ2n) is 6.70. The fourth-order valence-corrected chi connectivity index (χ4v) is 3.07. The molecule has 0 aliphatic carbocycles. The number of aliphatic hydroxyl groups excluding tert-OH is 1. The maximum Gasteiger partial charge on any atom is 0.469 e. The molecule has 0 aliphatic rings. The standard InChI is InChI=1S/C17H38NO5P/c1-2-3-4-5-6-7-8-9-10-11-12-13-14-17(19)16(18)15-23-24(20,21)22/h16-17,19H,2-15,18H2,1H3,(H2,20,21,22). The highest BCUT2D eigenvalue weighted by molar-refractivity contribution is 7.46. The van der Waals surface area contributed by atoms with Crippen LogP contribution in [0.5, 0.6) is 0 Å². The normalized spacial score (nSPS) is 14.7. The fraction of sp³-hybridized carbons (Fsp3) is 1.00. The lowest BCUT2D eigenvalue weighted by Crippen LogP contribution is -2.38. The Morgan fingerprint density at radius 1 is 0.875 bits per heavy atom. The van der Waals surface area contributed by atoms with Gasteiger partial charge in [-0.1, -0.05) is 84.0 Å². The molecule has 0 aromatic heterocycles. The van der Waals surface area contributed by atoms with Gasteiger partial charge in [-0.2, -0.15) is 0 Å². The molecule has 5 N–H and O–H groups in total. The molecule has 0 saturated heterocycles. The van der Waals surface area contributed by atoms with Crippen LogP contribution < -0.4 is 5.73 Å². The van der Waals surface area contributed by atoms with Gasteiger partial charge in [0.2, 0.25) is 0 Å². The quantitative estimate of drug-likeness (QED) is 0.229. The summed E-state index contributed by atoms with van der Waals surface area (Å²) in [6, 6.07) is -0.759. The van der Waals surface area contributed by atoms with Crippen LogP contribution >= 0.6 is 7.82 Å². The first kappa shape index (κ1) is 24.0. The van der Waals surface area contributed by atoms with E-state index in [2.05, 4.69) is 11.4 Å². The van der Waals surface area contributed by atoms with Gasteiger partial charge in [0.25, 0.3) is 0 Å². The Bertz CT molecular complexity index is 324. The van der Waals surface area contributed by atoms with Crippen LogP contribution in [-0.2, 0) is 9.09 Å². The maximum atomic E-state index is 10.6. The minimum Gasteiger partial charge on any atom is -0.391 e. The number of aliphatic hydroxyl groups is 1. The molecule has 0 fully saturated rings. The third kappa shape index (κ3) is 16.9. The fourth-order valence-electron chi connectivity index (χ4n) is 2.70. The minimum absolute atomic E-state index is 0.330. The minimum atomic E-state index is -4.51. The number of rotatable bonds is 17. The first-order valence-corrected chi connectivity index (χ1v) is 11.0. The van der Waals surface area contributed by atoms with Crippen LogP contribution in [0.1, 0.15) is 90.4 Å². The smallest absolute Gasteiger partial charge is 0.391 e. The second-order valence-corrected chi connectivity index (χ2v) is 7.93. The molecule has 24 heavy (non-hydrogen) atoms. The van der Waals surface area contributed by atoms with Crippen LogP contribution in [-0.4, -0.2) is 33.6 Å². The molecule has 0 amide bonds. The van der Waals surface area contributed by atoms with Gasteiger partial charge in [-0.25, -0.2) is 4.57 Å². The van der Waals surface area contributed by atoms with E-state index in [-0.39, 0.29) is 6.61 Å². The Hall–Kier alpha value is 0.0300. The van der Waals surface area contributed by atoms with E-state index in [1.165, 1.54) is 57.8 Å². The van der Waals surface area contributed by atoms with Crippen LogP contribution in [0, 0.1) is 0 Å². The van der Waals surface area contributed by atoms with Crippen LogP contribution in [0.3, 0.4) is 0 Å². The highest BCUT2D eigenvalue weighted by Crippen LogP contribution is 2.35. The summed E-state index contributed by atoms with van der Waals surface area (Å²) in [5, 5.41) is 9.82. The van der Waals surface area contributed by atoms with E-state index in [0.717, 1.165) is 19.3 Å². The Morgan fingerprint density at radius 2 is 1.29 bits per heavy atom. The van der Waals surface area contributed by atoms with Crippen LogP contribution in [0.25, 0.3) is 0 Å². The van der Waals surface area contributed by atoms with Gasteiger partial charge in [0.1, 0.15) is 0 Å². The first-order chi connectivity index (χ1) is 11.4. The van der Waals surface area contributed by atoms with Crippen molar-refractivity contribution >= 4 is 7.82 Å². The largest absolute Gasteiger partial charge is 0.469 e. The number of unbranched alkanes of at least 4 members (excludes halogenated alkanes) is 11. The van der Waals surface area contributed by atoms with Gasteiger partial charge < -0.3 is 20.6 Å². The first-order valence-electron chi connectivity index (χ1n) is 9.50. The molecule has 6 nitrogen and oxygen atoms in total. The van der Waals surface area contributed by atoms with Crippen molar-refractivity contribution < 1.29 is 24.0 Å². The number of nitrogens with two attached hydrogens (primary N) is 1. The Kier molecular flexibility index (Phi) is 15.3. The molecule has 0 aromatic carbocycles. The zero-order valence-electron chi connectivity index (χ0n) is 15.2. The number of phosphoric ester groups is 1. The van der Waals surface area contributed by atoms with Crippen molar-refractivity contribution in [1.29, 1.82) is 0 Å². The molecular formula is C17H38NO5P. The van der Waals surface area contributed by atoms with Gasteiger partial charge in [-0.3, -0.25) is 4.52 Å². The number of phosphoric acid groups is 1. The molecular weight excluding hydrogens is 329 g/mol. The van der Waals surface area contributed by atoms with E-state index in [1.807, 2.05) is 0 Å². The Labute approximate surface area is 147 Å². The lowest BCUT2D eigenvalue weighted by atomic mass is 10.0. The maximum absolute atomic E-state index is 10.6. The zero-order chi connectivity index (χ0) is 18.3. The summed E-state index contributed by atoms with van der Waals surface area (Å²) < 4.78 is 14.9. The van der Waals surface area contributed by atoms with Crippen molar-refractivity contribution in [2.24, 2.45) is 5.73 Å². The summed E-state index contributed by atoms with van der Waals surface area (Å²) in [7, 11) is -4.51. The third-order valence-corrected chi connectivity index (χ3v) is 4.77. The Morgan fingerprint density at radius 3 is 1.71 bits per heavy atom. The second kappa shape index (κ2) is 15.3. The van der Waals surface area contributed by atoms with Crippen LogP contribution in [0.2, 0.25) is 0 Å².